The molecule has 0 aromatic rings. The third-order valence-corrected chi connectivity index (χ3v) is 4.21. The highest BCUT2D eigenvalue weighted by atomic mass is 32.2. The summed E-state index contributed by atoms with van der Waals surface area (Å²) in [6, 6.07) is 0. The first-order valence-corrected chi connectivity index (χ1v) is 7.19. The molecule has 14 heavy (non-hydrogen) atoms. The van der Waals surface area contributed by atoms with Crippen molar-refractivity contribution in [3.8, 4) is 0 Å². The first kappa shape index (κ1) is 13.9. The lowest BCUT2D eigenvalue weighted by Gasteiger charge is -2.10. The molecule has 0 radical (unpaired) electrons. The predicted octanol–water partition coefficient (Wildman–Crippen LogP) is 1.45. The summed E-state index contributed by atoms with van der Waals surface area (Å²) in [7, 11) is -0.855. The number of rotatable bonds is 8. The van der Waals surface area contributed by atoms with Gasteiger partial charge in [-0.05, 0) is 38.8 Å². The maximum atomic E-state index is 11.4. The smallest absolute Gasteiger partial charge is 0.150 e. The van der Waals surface area contributed by atoms with Gasteiger partial charge in [0, 0.05) is 5.75 Å². The fourth-order valence-corrected chi connectivity index (χ4v) is 2.92. The first-order chi connectivity index (χ1) is 6.52. The molecule has 0 saturated heterocycles. The fraction of sp³-hybridized carbons (Fsp3) is 1.00. The van der Waals surface area contributed by atoms with Crippen molar-refractivity contribution in [1.82, 2.24) is 5.32 Å². The minimum Gasteiger partial charge on any atom is -0.320 e. The second-order valence-corrected chi connectivity index (χ2v) is 6.24. The molecule has 0 aliphatic carbocycles. The molecule has 4 heteroatoms. The Kier molecular flexibility index (Phi) is 7.19. The standard InChI is InChI=1S/C10H23NO2S/c1-4-8-14(12,13)9-6-10(2)5-7-11-3/h10-11H,4-9H2,1-3H3. The summed E-state index contributed by atoms with van der Waals surface area (Å²) in [6.45, 7) is 4.98. The quantitative estimate of drug-likeness (QED) is 0.675. The summed E-state index contributed by atoms with van der Waals surface area (Å²) in [5.41, 5.74) is 0. The molecule has 0 aromatic heterocycles. The van der Waals surface area contributed by atoms with E-state index in [-0.39, 0.29) is 0 Å². The number of hydrogen-bond donors (Lipinski definition) is 1. The summed E-state index contributed by atoms with van der Waals surface area (Å²) in [5.74, 6) is 1.19. The van der Waals surface area contributed by atoms with E-state index in [1.807, 2.05) is 14.0 Å². The van der Waals surface area contributed by atoms with Crippen LogP contribution in [0, 0.1) is 5.92 Å². The summed E-state index contributed by atoms with van der Waals surface area (Å²) >= 11 is 0. The van der Waals surface area contributed by atoms with Gasteiger partial charge in [-0.1, -0.05) is 13.8 Å². The van der Waals surface area contributed by atoms with E-state index >= 15 is 0 Å². The van der Waals surface area contributed by atoms with Crippen molar-refractivity contribution in [3.05, 3.63) is 0 Å². The Morgan fingerprint density at radius 2 is 1.86 bits per heavy atom. The second-order valence-electron chi connectivity index (χ2n) is 3.94. The monoisotopic (exact) mass is 221 g/mol. The van der Waals surface area contributed by atoms with E-state index in [0.29, 0.717) is 17.4 Å². The number of hydrogen-bond acceptors (Lipinski definition) is 3. The van der Waals surface area contributed by atoms with Crippen molar-refractivity contribution in [1.29, 1.82) is 0 Å². The van der Waals surface area contributed by atoms with Crippen LogP contribution in [0.2, 0.25) is 0 Å². The van der Waals surface area contributed by atoms with Gasteiger partial charge in [-0.2, -0.15) is 0 Å². The van der Waals surface area contributed by atoms with Gasteiger partial charge in [0.15, 0.2) is 0 Å². The molecule has 0 rings (SSSR count). The second kappa shape index (κ2) is 7.23. The van der Waals surface area contributed by atoms with Gasteiger partial charge < -0.3 is 5.32 Å². The van der Waals surface area contributed by atoms with E-state index in [4.69, 9.17) is 0 Å². The van der Waals surface area contributed by atoms with Crippen molar-refractivity contribution in [2.24, 2.45) is 5.92 Å². The zero-order valence-corrected chi connectivity index (χ0v) is 10.4. The van der Waals surface area contributed by atoms with Gasteiger partial charge in [0.1, 0.15) is 9.84 Å². The Morgan fingerprint density at radius 1 is 1.21 bits per heavy atom. The van der Waals surface area contributed by atoms with E-state index in [2.05, 4.69) is 12.2 Å². The van der Waals surface area contributed by atoms with E-state index in [9.17, 15) is 8.42 Å². The molecule has 1 unspecified atom stereocenters. The lowest BCUT2D eigenvalue weighted by Crippen LogP contribution is -2.16. The van der Waals surface area contributed by atoms with Crippen LogP contribution in [0.5, 0.6) is 0 Å². The highest BCUT2D eigenvalue weighted by Gasteiger charge is 2.11. The van der Waals surface area contributed by atoms with Crippen LogP contribution in [-0.2, 0) is 9.84 Å². The summed E-state index contributed by atoms with van der Waals surface area (Å²) in [4.78, 5) is 0. The molecule has 0 aromatic carbocycles. The molecule has 0 aliphatic heterocycles. The Balaban J connectivity index is 3.70. The lowest BCUT2D eigenvalue weighted by atomic mass is 10.1. The van der Waals surface area contributed by atoms with Crippen LogP contribution >= 0.6 is 0 Å². The van der Waals surface area contributed by atoms with Crippen molar-refractivity contribution in [2.75, 3.05) is 25.1 Å². The SMILES string of the molecule is CCCS(=O)(=O)CCC(C)CCNC. The van der Waals surface area contributed by atoms with Crippen molar-refractivity contribution < 1.29 is 8.42 Å². The van der Waals surface area contributed by atoms with Crippen LogP contribution in [0.1, 0.15) is 33.1 Å². The average Bonchev–Trinajstić information content (AvgIpc) is 2.11. The van der Waals surface area contributed by atoms with E-state index in [0.717, 1.165) is 25.8 Å². The Morgan fingerprint density at radius 3 is 2.36 bits per heavy atom. The highest BCUT2D eigenvalue weighted by Crippen LogP contribution is 2.09. The van der Waals surface area contributed by atoms with Gasteiger partial charge in [0.05, 0.1) is 5.75 Å². The molecular formula is C10H23NO2S. The molecule has 0 spiro atoms. The van der Waals surface area contributed by atoms with Crippen molar-refractivity contribution in [3.63, 3.8) is 0 Å². The summed E-state index contributed by atoms with van der Waals surface area (Å²) in [6.07, 6.45) is 2.58. The van der Waals surface area contributed by atoms with Gasteiger partial charge in [0.2, 0.25) is 0 Å². The first-order valence-electron chi connectivity index (χ1n) is 5.37. The Labute approximate surface area is 88.2 Å². The molecule has 0 saturated carbocycles. The Hall–Kier alpha value is -0.0900. The van der Waals surface area contributed by atoms with Crippen LogP contribution < -0.4 is 5.32 Å². The minimum atomic E-state index is -2.77. The van der Waals surface area contributed by atoms with Gasteiger partial charge in [0.25, 0.3) is 0 Å². The molecule has 1 atom stereocenters. The van der Waals surface area contributed by atoms with E-state index < -0.39 is 9.84 Å². The predicted molar refractivity (Wildman–Crippen MR) is 61.3 cm³/mol. The average molecular weight is 221 g/mol. The molecule has 0 aliphatic rings. The molecule has 3 nitrogen and oxygen atoms in total. The van der Waals surface area contributed by atoms with Gasteiger partial charge in [-0.3, -0.25) is 0 Å². The molecule has 0 heterocycles. The maximum absolute atomic E-state index is 11.4. The third-order valence-electron chi connectivity index (χ3n) is 2.32. The summed E-state index contributed by atoms with van der Waals surface area (Å²) in [5, 5.41) is 3.07. The van der Waals surface area contributed by atoms with Crippen molar-refractivity contribution >= 4 is 9.84 Å². The molecular weight excluding hydrogens is 198 g/mol. The van der Waals surface area contributed by atoms with Crippen LogP contribution in [0.4, 0.5) is 0 Å². The van der Waals surface area contributed by atoms with Crippen LogP contribution in [0.3, 0.4) is 0 Å². The van der Waals surface area contributed by atoms with Gasteiger partial charge in [-0.15, -0.1) is 0 Å². The number of sulfone groups is 1. The lowest BCUT2D eigenvalue weighted by molar-refractivity contribution is 0.497. The van der Waals surface area contributed by atoms with Crippen LogP contribution in [-0.4, -0.2) is 33.5 Å². The fourth-order valence-electron chi connectivity index (χ4n) is 1.33. The molecule has 1 N–H and O–H groups in total. The minimum absolute atomic E-state index is 0.339. The molecule has 86 valence electrons. The number of nitrogens with one attached hydrogen (secondary N) is 1. The van der Waals surface area contributed by atoms with Gasteiger partial charge >= 0.3 is 0 Å². The normalized spacial score (nSPS) is 14.2. The third kappa shape index (κ3) is 7.33. The molecule has 0 bridgehead atoms. The highest BCUT2D eigenvalue weighted by molar-refractivity contribution is 7.91. The van der Waals surface area contributed by atoms with Gasteiger partial charge in [-0.25, -0.2) is 8.42 Å². The van der Waals surface area contributed by atoms with Crippen molar-refractivity contribution in [2.45, 2.75) is 33.1 Å². The van der Waals surface area contributed by atoms with E-state index in [1.54, 1.807) is 0 Å². The Bertz CT molecular complexity index is 224. The molecule has 0 amide bonds. The summed E-state index contributed by atoms with van der Waals surface area (Å²) < 4.78 is 22.8. The largest absolute Gasteiger partial charge is 0.320 e. The zero-order chi connectivity index (χ0) is 11.0. The topological polar surface area (TPSA) is 46.2 Å². The van der Waals surface area contributed by atoms with Crippen LogP contribution in [0.25, 0.3) is 0 Å². The van der Waals surface area contributed by atoms with Crippen LogP contribution in [0.15, 0.2) is 0 Å². The van der Waals surface area contributed by atoms with E-state index in [1.165, 1.54) is 0 Å². The maximum Gasteiger partial charge on any atom is 0.150 e. The zero-order valence-electron chi connectivity index (χ0n) is 9.54. The molecule has 0 fully saturated rings.